The molecule has 0 unspecified atom stereocenters. The van der Waals surface area contributed by atoms with Gasteiger partial charge in [-0.2, -0.15) is 5.10 Å². The highest BCUT2D eigenvalue weighted by molar-refractivity contribution is 7.90. The Hall–Kier alpha value is -1.76. The molecule has 2 heterocycles. The molecule has 0 aliphatic heterocycles. The van der Waals surface area contributed by atoms with Crippen LogP contribution in [0.3, 0.4) is 0 Å². The SMILES string of the molecule is CS(=O)(=O)c1nccc(-c2ccn[nH]2)n1. The lowest BCUT2D eigenvalue weighted by molar-refractivity contribution is 0.593. The summed E-state index contributed by atoms with van der Waals surface area (Å²) < 4.78 is 22.4. The van der Waals surface area contributed by atoms with Crippen molar-refractivity contribution in [2.24, 2.45) is 0 Å². The molecule has 0 radical (unpaired) electrons. The van der Waals surface area contributed by atoms with Crippen molar-refractivity contribution in [1.29, 1.82) is 0 Å². The quantitative estimate of drug-likeness (QED) is 0.739. The minimum Gasteiger partial charge on any atom is -0.276 e. The summed E-state index contributed by atoms with van der Waals surface area (Å²) in [6, 6.07) is 3.32. The van der Waals surface area contributed by atoms with Gasteiger partial charge in [0.25, 0.3) is 0 Å². The molecule has 1 N–H and O–H groups in total. The largest absolute Gasteiger partial charge is 0.276 e. The van der Waals surface area contributed by atoms with Crippen LogP contribution in [0.25, 0.3) is 11.4 Å². The van der Waals surface area contributed by atoms with Crippen LogP contribution in [-0.4, -0.2) is 34.8 Å². The minimum atomic E-state index is -3.37. The van der Waals surface area contributed by atoms with Crippen LogP contribution in [0.5, 0.6) is 0 Å². The van der Waals surface area contributed by atoms with Crippen molar-refractivity contribution < 1.29 is 8.42 Å². The number of sulfone groups is 1. The zero-order valence-corrected chi connectivity index (χ0v) is 8.69. The van der Waals surface area contributed by atoms with Crippen LogP contribution in [0, 0.1) is 0 Å². The molecule has 0 bridgehead atoms. The fourth-order valence-corrected chi connectivity index (χ4v) is 1.58. The lowest BCUT2D eigenvalue weighted by Crippen LogP contribution is -2.04. The number of hydrogen-bond acceptors (Lipinski definition) is 5. The van der Waals surface area contributed by atoms with E-state index in [9.17, 15) is 8.42 Å². The number of hydrogen-bond donors (Lipinski definition) is 1. The van der Waals surface area contributed by atoms with Gasteiger partial charge in [-0.1, -0.05) is 0 Å². The van der Waals surface area contributed by atoms with Crippen LogP contribution in [0.15, 0.2) is 29.7 Å². The lowest BCUT2D eigenvalue weighted by atomic mass is 10.3. The van der Waals surface area contributed by atoms with Crippen LogP contribution >= 0.6 is 0 Å². The van der Waals surface area contributed by atoms with E-state index in [1.54, 1.807) is 18.3 Å². The van der Waals surface area contributed by atoms with Gasteiger partial charge in [0.05, 0.1) is 11.4 Å². The van der Waals surface area contributed by atoms with E-state index in [0.717, 1.165) is 6.26 Å². The first kappa shape index (κ1) is 9.78. The Balaban J connectivity index is 2.53. The molecule has 0 fully saturated rings. The second kappa shape index (κ2) is 3.43. The fourth-order valence-electron chi connectivity index (χ4n) is 1.07. The molecule has 78 valence electrons. The average molecular weight is 224 g/mol. The number of rotatable bonds is 2. The lowest BCUT2D eigenvalue weighted by Gasteiger charge is -1.99. The van der Waals surface area contributed by atoms with Gasteiger partial charge in [-0.3, -0.25) is 5.10 Å². The average Bonchev–Trinajstić information content (AvgIpc) is 2.69. The van der Waals surface area contributed by atoms with Crippen molar-refractivity contribution in [2.75, 3.05) is 6.26 Å². The van der Waals surface area contributed by atoms with E-state index in [-0.39, 0.29) is 5.16 Å². The summed E-state index contributed by atoms with van der Waals surface area (Å²) in [5.74, 6) is 0. The highest BCUT2D eigenvalue weighted by Crippen LogP contribution is 2.13. The molecule has 0 aliphatic rings. The Labute approximate surface area is 86.3 Å². The summed E-state index contributed by atoms with van der Waals surface area (Å²) in [6.07, 6.45) is 4.04. The maximum Gasteiger partial charge on any atom is 0.247 e. The number of nitrogens with one attached hydrogen (secondary N) is 1. The maximum atomic E-state index is 11.2. The summed E-state index contributed by atoms with van der Waals surface area (Å²) in [5.41, 5.74) is 1.16. The predicted octanol–water partition coefficient (Wildman–Crippen LogP) is 0.270. The Morgan fingerprint density at radius 2 is 2.07 bits per heavy atom. The Kier molecular flexibility index (Phi) is 2.24. The smallest absolute Gasteiger partial charge is 0.247 e. The van der Waals surface area contributed by atoms with E-state index in [1.807, 2.05) is 0 Å². The third-order valence-electron chi connectivity index (χ3n) is 1.74. The van der Waals surface area contributed by atoms with Crippen molar-refractivity contribution >= 4 is 9.84 Å². The molecule has 0 spiro atoms. The van der Waals surface area contributed by atoms with E-state index in [1.165, 1.54) is 6.20 Å². The van der Waals surface area contributed by atoms with Crippen LogP contribution in [0.1, 0.15) is 0 Å². The third-order valence-corrected chi connectivity index (χ3v) is 2.60. The van der Waals surface area contributed by atoms with Crippen molar-refractivity contribution in [3.63, 3.8) is 0 Å². The van der Waals surface area contributed by atoms with Gasteiger partial charge < -0.3 is 0 Å². The van der Waals surface area contributed by atoms with Gasteiger partial charge >= 0.3 is 0 Å². The van der Waals surface area contributed by atoms with Gasteiger partial charge in [0.15, 0.2) is 0 Å². The molecule has 2 aromatic heterocycles. The van der Waals surface area contributed by atoms with Gasteiger partial charge in [-0.15, -0.1) is 0 Å². The summed E-state index contributed by atoms with van der Waals surface area (Å²) >= 11 is 0. The molecule has 0 amide bonds. The molecule has 0 saturated heterocycles. The summed E-state index contributed by atoms with van der Waals surface area (Å²) in [7, 11) is -3.37. The van der Waals surface area contributed by atoms with Crippen LogP contribution in [-0.2, 0) is 9.84 Å². The molecule has 0 aliphatic carbocycles. The van der Waals surface area contributed by atoms with Crippen LogP contribution in [0.4, 0.5) is 0 Å². The third kappa shape index (κ3) is 2.01. The standard InChI is InChI=1S/C8H8N4O2S/c1-15(13,14)8-9-4-2-6(11-8)7-3-5-10-12-7/h2-5H,1H3,(H,10,12). The van der Waals surface area contributed by atoms with Gasteiger partial charge in [0, 0.05) is 18.6 Å². The predicted molar refractivity (Wildman–Crippen MR) is 52.7 cm³/mol. The summed E-state index contributed by atoms with van der Waals surface area (Å²) in [4.78, 5) is 7.60. The number of H-pyrrole nitrogens is 1. The zero-order valence-electron chi connectivity index (χ0n) is 7.88. The first-order chi connectivity index (χ1) is 7.07. The molecule has 0 atom stereocenters. The zero-order chi connectivity index (χ0) is 10.9. The van der Waals surface area contributed by atoms with E-state index in [0.29, 0.717) is 11.4 Å². The van der Waals surface area contributed by atoms with E-state index in [4.69, 9.17) is 0 Å². The first-order valence-electron chi connectivity index (χ1n) is 4.10. The Morgan fingerprint density at radius 1 is 1.27 bits per heavy atom. The molecule has 15 heavy (non-hydrogen) atoms. The first-order valence-corrected chi connectivity index (χ1v) is 5.99. The van der Waals surface area contributed by atoms with Crippen molar-refractivity contribution in [1.82, 2.24) is 20.2 Å². The van der Waals surface area contributed by atoms with Crippen LogP contribution in [0.2, 0.25) is 0 Å². The number of aromatic amines is 1. The minimum absolute atomic E-state index is 0.186. The topological polar surface area (TPSA) is 88.6 Å². The van der Waals surface area contributed by atoms with E-state index < -0.39 is 9.84 Å². The summed E-state index contributed by atoms with van der Waals surface area (Å²) in [5, 5.41) is 6.27. The van der Waals surface area contributed by atoms with E-state index in [2.05, 4.69) is 20.2 Å². The molecule has 6 nitrogen and oxygen atoms in total. The van der Waals surface area contributed by atoms with Gasteiger partial charge in [-0.05, 0) is 12.1 Å². The molecule has 7 heteroatoms. The second-order valence-electron chi connectivity index (χ2n) is 2.97. The van der Waals surface area contributed by atoms with Crippen LogP contribution < -0.4 is 0 Å². The molecule has 0 aromatic carbocycles. The Bertz CT molecular complexity index is 562. The molecule has 2 rings (SSSR count). The fraction of sp³-hybridized carbons (Fsp3) is 0.125. The second-order valence-corrected chi connectivity index (χ2v) is 4.88. The highest BCUT2D eigenvalue weighted by atomic mass is 32.2. The molecular weight excluding hydrogens is 216 g/mol. The van der Waals surface area contributed by atoms with Gasteiger partial charge in [0.2, 0.25) is 15.0 Å². The van der Waals surface area contributed by atoms with Crippen molar-refractivity contribution in [3.05, 3.63) is 24.5 Å². The molecular formula is C8H8N4O2S. The Morgan fingerprint density at radius 3 is 2.67 bits per heavy atom. The van der Waals surface area contributed by atoms with Crippen molar-refractivity contribution in [2.45, 2.75) is 5.16 Å². The normalized spacial score (nSPS) is 11.5. The molecule has 0 saturated carbocycles. The number of aromatic nitrogens is 4. The summed E-state index contributed by atoms with van der Waals surface area (Å²) in [6.45, 7) is 0. The highest BCUT2D eigenvalue weighted by Gasteiger charge is 2.12. The van der Waals surface area contributed by atoms with Gasteiger partial charge in [-0.25, -0.2) is 18.4 Å². The van der Waals surface area contributed by atoms with Gasteiger partial charge in [0.1, 0.15) is 0 Å². The number of nitrogens with zero attached hydrogens (tertiary/aromatic N) is 3. The van der Waals surface area contributed by atoms with Crippen molar-refractivity contribution in [3.8, 4) is 11.4 Å². The maximum absolute atomic E-state index is 11.2. The molecule has 2 aromatic rings. The monoisotopic (exact) mass is 224 g/mol. The van der Waals surface area contributed by atoms with E-state index >= 15 is 0 Å².